The van der Waals surface area contributed by atoms with Crippen molar-refractivity contribution in [3.05, 3.63) is 0 Å². The molecule has 1 rings (SSSR count). The molecule has 4 heteroatoms. The second-order valence-corrected chi connectivity index (χ2v) is 2.16. The van der Waals surface area contributed by atoms with Crippen LogP contribution in [0.25, 0.3) is 0 Å². The fraction of sp³-hybridized carbons (Fsp3) is 1.00. The highest BCUT2D eigenvalue weighted by atomic mass is 19.3. The summed E-state index contributed by atoms with van der Waals surface area (Å²) in [5, 5.41) is 8.34. The molecule has 0 aromatic rings. The maximum Gasteiger partial charge on any atom is 0.278 e. The quantitative estimate of drug-likeness (QED) is 0.563. The Kier molecular flexibility index (Phi) is 1.68. The lowest BCUT2D eigenvalue weighted by Gasteiger charge is -2.12. The van der Waals surface area contributed by atoms with Crippen LogP contribution in [-0.2, 0) is 4.74 Å². The van der Waals surface area contributed by atoms with E-state index in [1.54, 1.807) is 0 Å². The predicted molar refractivity (Wildman–Crippen MR) is 26.3 cm³/mol. The van der Waals surface area contributed by atoms with Gasteiger partial charge in [0.2, 0.25) is 0 Å². The molecular formula is C5H8F2O2. The van der Waals surface area contributed by atoms with Gasteiger partial charge in [-0.2, -0.15) is 0 Å². The van der Waals surface area contributed by atoms with Gasteiger partial charge in [-0.1, -0.05) is 0 Å². The fourth-order valence-corrected chi connectivity index (χ4v) is 0.763. The number of aliphatic hydroxyl groups excluding tert-OH is 1. The largest absolute Gasteiger partial charge is 0.396 e. The molecule has 1 aliphatic rings. The maximum atomic E-state index is 12.3. The lowest BCUT2D eigenvalue weighted by atomic mass is 10.1. The summed E-state index contributed by atoms with van der Waals surface area (Å²) >= 11 is 0. The highest BCUT2D eigenvalue weighted by Crippen LogP contribution is 2.30. The van der Waals surface area contributed by atoms with Crippen molar-refractivity contribution < 1.29 is 18.6 Å². The molecule has 1 saturated heterocycles. The van der Waals surface area contributed by atoms with E-state index in [9.17, 15) is 8.78 Å². The third-order valence-corrected chi connectivity index (χ3v) is 1.43. The Morgan fingerprint density at radius 1 is 1.67 bits per heavy atom. The molecule has 1 aliphatic heterocycles. The van der Waals surface area contributed by atoms with Crippen LogP contribution in [0.5, 0.6) is 0 Å². The lowest BCUT2D eigenvalue weighted by molar-refractivity contribution is -0.0496. The first-order valence-electron chi connectivity index (χ1n) is 2.73. The highest BCUT2D eigenvalue weighted by Gasteiger charge is 2.44. The predicted octanol–water partition coefficient (Wildman–Crippen LogP) is 0.260. The first-order valence-corrected chi connectivity index (χ1v) is 2.73. The summed E-state index contributed by atoms with van der Waals surface area (Å²) in [7, 11) is 0. The SMILES string of the molecule is OCC1COCC1(F)F. The first-order chi connectivity index (χ1) is 4.17. The molecule has 0 spiro atoms. The van der Waals surface area contributed by atoms with Crippen LogP contribution in [0.2, 0.25) is 0 Å². The maximum absolute atomic E-state index is 12.3. The van der Waals surface area contributed by atoms with Crippen molar-refractivity contribution in [3.8, 4) is 0 Å². The van der Waals surface area contributed by atoms with E-state index in [4.69, 9.17) is 5.11 Å². The first kappa shape index (κ1) is 6.89. The van der Waals surface area contributed by atoms with E-state index in [-0.39, 0.29) is 6.61 Å². The van der Waals surface area contributed by atoms with Crippen LogP contribution in [0.1, 0.15) is 0 Å². The van der Waals surface area contributed by atoms with Crippen LogP contribution in [0, 0.1) is 5.92 Å². The molecule has 2 nitrogen and oxygen atoms in total. The van der Waals surface area contributed by atoms with Crippen molar-refractivity contribution in [3.63, 3.8) is 0 Å². The standard InChI is InChI=1S/C5H8F2O2/c6-5(7)3-9-2-4(5)1-8/h4,8H,1-3H2. The molecule has 1 heterocycles. The van der Waals surface area contributed by atoms with Crippen molar-refractivity contribution in [1.29, 1.82) is 0 Å². The van der Waals surface area contributed by atoms with Gasteiger partial charge in [0.15, 0.2) is 0 Å². The third kappa shape index (κ3) is 1.19. The molecule has 1 fully saturated rings. The zero-order chi connectivity index (χ0) is 6.91. The minimum absolute atomic E-state index is 0.0243. The van der Waals surface area contributed by atoms with Crippen LogP contribution in [0.4, 0.5) is 8.78 Å². The van der Waals surface area contributed by atoms with Crippen LogP contribution in [0.3, 0.4) is 0 Å². The second kappa shape index (κ2) is 2.19. The Hall–Kier alpha value is -0.220. The Labute approximate surface area is 51.4 Å². The summed E-state index contributed by atoms with van der Waals surface area (Å²) in [6.45, 7) is -1.06. The summed E-state index contributed by atoms with van der Waals surface area (Å²) in [6.07, 6.45) is 0. The van der Waals surface area contributed by atoms with Crippen LogP contribution >= 0.6 is 0 Å². The molecule has 1 atom stereocenters. The summed E-state index contributed by atoms with van der Waals surface area (Å²) in [5.74, 6) is -3.80. The average molecular weight is 138 g/mol. The number of halogens is 2. The number of rotatable bonds is 1. The summed E-state index contributed by atoms with van der Waals surface area (Å²) in [5.41, 5.74) is 0. The molecule has 0 amide bonds. The average Bonchev–Trinajstić information content (AvgIpc) is 2.08. The van der Waals surface area contributed by atoms with Gasteiger partial charge in [0.05, 0.1) is 19.1 Å². The van der Waals surface area contributed by atoms with Crippen molar-refractivity contribution in [2.75, 3.05) is 19.8 Å². The van der Waals surface area contributed by atoms with E-state index < -0.39 is 25.1 Å². The minimum Gasteiger partial charge on any atom is -0.396 e. The lowest BCUT2D eigenvalue weighted by Crippen LogP contribution is -2.28. The fourth-order valence-electron chi connectivity index (χ4n) is 0.763. The van der Waals surface area contributed by atoms with Crippen molar-refractivity contribution >= 4 is 0 Å². The third-order valence-electron chi connectivity index (χ3n) is 1.43. The van der Waals surface area contributed by atoms with Crippen molar-refractivity contribution in [2.45, 2.75) is 5.92 Å². The summed E-state index contributed by atoms with van der Waals surface area (Å²) in [6, 6.07) is 0. The van der Waals surface area contributed by atoms with Gasteiger partial charge in [-0.25, -0.2) is 8.78 Å². The second-order valence-electron chi connectivity index (χ2n) is 2.16. The molecule has 0 bridgehead atoms. The van der Waals surface area contributed by atoms with Crippen LogP contribution in [-0.4, -0.2) is 30.8 Å². The smallest absolute Gasteiger partial charge is 0.278 e. The highest BCUT2D eigenvalue weighted by molar-refractivity contribution is 4.81. The molecular weight excluding hydrogens is 130 g/mol. The number of ether oxygens (including phenoxy) is 1. The Bertz CT molecular complexity index is 105. The van der Waals surface area contributed by atoms with Crippen LogP contribution < -0.4 is 0 Å². The molecule has 0 aliphatic carbocycles. The summed E-state index contributed by atoms with van der Waals surface area (Å²) < 4.78 is 29.1. The molecule has 9 heavy (non-hydrogen) atoms. The molecule has 0 aromatic carbocycles. The molecule has 0 radical (unpaired) electrons. The normalized spacial score (nSPS) is 33.0. The Balaban J connectivity index is 2.52. The number of hydrogen-bond acceptors (Lipinski definition) is 2. The van der Waals surface area contributed by atoms with Gasteiger partial charge < -0.3 is 9.84 Å². The van der Waals surface area contributed by atoms with E-state index in [1.165, 1.54) is 0 Å². The number of aliphatic hydroxyl groups is 1. The van der Waals surface area contributed by atoms with E-state index in [0.29, 0.717) is 0 Å². The summed E-state index contributed by atoms with van der Waals surface area (Å²) in [4.78, 5) is 0. The zero-order valence-electron chi connectivity index (χ0n) is 4.81. The monoisotopic (exact) mass is 138 g/mol. The minimum atomic E-state index is -2.81. The number of hydrogen-bond donors (Lipinski definition) is 1. The van der Waals surface area contributed by atoms with Crippen LogP contribution in [0.15, 0.2) is 0 Å². The van der Waals surface area contributed by atoms with Gasteiger partial charge in [-0.3, -0.25) is 0 Å². The van der Waals surface area contributed by atoms with E-state index in [1.807, 2.05) is 0 Å². The Morgan fingerprint density at radius 2 is 2.33 bits per heavy atom. The van der Waals surface area contributed by atoms with Crippen molar-refractivity contribution in [1.82, 2.24) is 0 Å². The van der Waals surface area contributed by atoms with Gasteiger partial charge in [0.25, 0.3) is 5.92 Å². The van der Waals surface area contributed by atoms with Gasteiger partial charge in [0.1, 0.15) is 6.61 Å². The van der Waals surface area contributed by atoms with E-state index in [2.05, 4.69) is 4.74 Å². The van der Waals surface area contributed by atoms with Gasteiger partial charge >= 0.3 is 0 Å². The van der Waals surface area contributed by atoms with E-state index in [0.717, 1.165) is 0 Å². The zero-order valence-corrected chi connectivity index (χ0v) is 4.81. The number of alkyl halides is 2. The molecule has 0 aromatic heterocycles. The Morgan fingerprint density at radius 3 is 2.56 bits per heavy atom. The molecule has 0 saturated carbocycles. The van der Waals surface area contributed by atoms with Crippen molar-refractivity contribution in [2.24, 2.45) is 5.92 Å². The molecule has 1 unspecified atom stereocenters. The van der Waals surface area contributed by atoms with E-state index >= 15 is 0 Å². The van der Waals surface area contributed by atoms with Gasteiger partial charge in [-0.15, -0.1) is 0 Å². The van der Waals surface area contributed by atoms with Gasteiger partial charge in [-0.05, 0) is 0 Å². The van der Waals surface area contributed by atoms with Gasteiger partial charge in [0, 0.05) is 0 Å². The molecule has 1 N–H and O–H groups in total. The topological polar surface area (TPSA) is 29.5 Å². The molecule has 54 valence electrons.